The average Bonchev–Trinajstić information content (AvgIpc) is 3.74. The summed E-state index contributed by atoms with van der Waals surface area (Å²) in [4.78, 5) is 55.6. The summed E-state index contributed by atoms with van der Waals surface area (Å²) in [7, 11) is 1.63. The third-order valence-corrected chi connectivity index (χ3v) is 8.11. The Kier molecular flexibility index (Phi) is 6.79. The molecule has 0 radical (unpaired) electrons. The van der Waals surface area contributed by atoms with Crippen molar-refractivity contribution in [2.45, 2.75) is 76.6 Å². The first-order valence-electron chi connectivity index (χ1n) is 14.2. The summed E-state index contributed by atoms with van der Waals surface area (Å²) in [6, 6.07) is 5.46. The number of hydrogen-bond donors (Lipinski definition) is 2. The Morgan fingerprint density at radius 2 is 1.71 bits per heavy atom. The largest absolute Gasteiger partial charge is 0.444 e. The third-order valence-electron chi connectivity index (χ3n) is 8.11. The predicted molar refractivity (Wildman–Crippen MR) is 152 cm³/mol. The molecule has 0 aromatic carbocycles. The van der Waals surface area contributed by atoms with Crippen LogP contribution in [-0.4, -0.2) is 85.0 Å². The second kappa shape index (κ2) is 10.3. The molecule has 2 saturated heterocycles. The molecule has 12 nitrogen and oxygen atoms in total. The van der Waals surface area contributed by atoms with Crippen molar-refractivity contribution in [3.05, 3.63) is 41.9 Å². The van der Waals surface area contributed by atoms with Gasteiger partial charge in [-0.25, -0.2) is 14.8 Å². The summed E-state index contributed by atoms with van der Waals surface area (Å²) in [5, 5.41) is 6.67. The van der Waals surface area contributed by atoms with Crippen molar-refractivity contribution in [3.8, 4) is 0 Å². The summed E-state index contributed by atoms with van der Waals surface area (Å²) in [6.45, 7) is 6.51. The van der Waals surface area contributed by atoms with Gasteiger partial charge >= 0.3 is 6.09 Å². The summed E-state index contributed by atoms with van der Waals surface area (Å²) in [5.74, 6) is 0.624. The lowest BCUT2D eigenvalue weighted by molar-refractivity contribution is 0.0126. The van der Waals surface area contributed by atoms with E-state index in [0.717, 1.165) is 37.5 Å². The first-order chi connectivity index (χ1) is 19.6. The number of nitrogens with zero attached hydrogens (tertiary/aromatic N) is 6. The lowest BCUT2D eigenvalue weighted by atomic mass is 10.2. The molecular weight excluding hydrogens is 524 g/mol. The Morgan fingerprint density at radius 3 is 2.34 bits per heavy atom. The molecule has 1 saturated carbocycles. The zero-order chi connectivity index (χ0) is 28.9. The van der Waals surface area contributed by atoms with Gasteiger partial charge in [0.1, 0.15) is 22.8 Å². The third kappa shape index (κ3) is 5.18. The fourth-order valence-electron chi connectivity index (χ4n) is 6.24. The molecule has 3 aliphatic rings. The zero-order valence-corrected chi connectivity index (χ0v) is 23.9. The highest BCUT2D eigenvalue weighted by molar-refractivity contribution is 5.98. The van der Waals surface area contributed by atoms with Crippen LogP contribution in [0.1, 0.15) is 79.8 Å². The van der Waals surface area contributed by atoms with Gasteiger partial charge in [-0.3, -0.25) is 9.59 Å². The molecular formula is C29H36N8O4. The standard InChI is InChI=1S/C29H36N8O4/c1-29(2,3)41-28(40)36-16-20-12-21(36)15-35(20)26(39)17-9-10-23(31-13-17)33-27-32-14-18-11-22(25(38)30-4)37(24(18)34-27)19-7-5-6-8-19/h9-11,13-14,19-21H,5-8,12,15-16H2,1-4H3,(H,30,38)(H,31,32,33,34)/t20-,21-/m0/s1. The van der Waals surface area contributed by atoms with Crippen LogP contribution in [0.25, 0.3) is 11.0 Å². The van der Waals surface area contributed by atoms with E-state index >= 15 is 0 Å². The minimum absolute atomic E-state index is 0.0336. The Hall–Kier alpha value is -4.22. The van der Waals surface area contributed by atoms with Crippen LogP contribution in [0.4, 0.5) is 16.6 Å². The van der Waals surface area contributed by atoms with Crippen molar-refractivity contribution in [2.75, 3.05) is 25.5 Å². The van der Waals surface area contributed by atoms with Crippen molar-refractivity contribution < 1.29 is 19.1 Å². The van der Waals surface area contributed by atoms with Crippen LogP contribution in [0.5, 0.6) is 0 Å². The molecule has 3 aromatic heterocycles. The van der Waals surface area contributed by atoms with Crippen molar-refractivity contribution >= 4 is 40.7 Å². The van der Waals surface area contributed by atoms with Gasteiger partial charge in [0.25, 0.3) is 11.8 Å². The molecule has 216 valence electrons. The minimum Gasteiger partial charge on any atom is -0.444 e. The summed E-state index contributed by atoms with van der Waals surface area (Å²) < 4.78 is 7.57. The highest BCUT2D eigenvalue weighted by atomic mass is 16.6. The molecule has 6 rings (SSSR count). The number of carbonyl (C=O) groups is 3. The number of pyridine rings is 1. The second-order valence-electron chi connectivity index (χ2n) is 12.1. The van der Waals surface area contributed by atoms with E-state index < -0.39 is 5.60 Å². The van der Waals surface area contributed by atoms with Gasteiger partial charge in [-0.1, -0.05) is 12.8 Å². The molecule has 2 bridgehead atoms. The molecule has 12 heteroatoms. The number of fused-ring (bicyclic) bond motifs is 3. The van der Waals surface area contributed by atoms with E-state index in [1.54, 1.807) is 36.5 Å². The number of amides is 3. The molecule has 1 aliphatic carbocycles. The first-order valence-corrected chi connectivity index (χ1v) is 14.2. The predicted octanol–water partition coefficient (Wildman–Crippen LogP) is 3.88. The lowest BCUT2D eigenvalue weighted by Crippen LogP contribution is -2.51. The smallest absolute Gasteiger partial charge is 0.410 e. The van der Waals surface area contributed by atoms with E-state index in [9.17, 15) is 14.4 Å². The zero-order valence-electron chi connectivity index (χ0n) is 23.9. The number of anilines is 2. The summed E-state index contributed by atoms with van der Waals surface area (Å²) >= 11 is 0. The molecule has 2 aliphatic heterocycles. The van der Waals surface area contributed by atoms with Crippen molar-refractivity contribution in [1.29, 1.82) is 0 Å². The maximum Gasteiger partial charge on any atom is 0.410 e. The van der Waals surface area contributed by atoms with E-state index in [-0.39, 0.29) is 36.0 Å². The number of hydrogen-bond acceptors (Lipinski definition) is 8. The van der Waals surface area contributed by atoms with Gasteiger partial charge in [0, 0.05) is 44.0 Å². The first kappa shape index (κ1) is 27.0. The minimum atomic E-state index is -0.554. The molecule has 2 atom stereocenters. The summed E-state index contributed by atoms with van der Waals surface area (Å²) in [5.41, 5.74) is 1.23. The number of rotatable bonds is 5. The van der Waals surface area contributed by atoms with Crippen molar-refractivity contribution in [3.63, 3.8) is 0 Å². The highest BCUT2D eigenvalue weighted by Gasteiger charge is 2.48. The van der Waals surface area contributed by atoms with Gasteiger partial charge in [0.05, 0.1) is 17.6 Å². The maximum atomic E-state index is 13.3. The Labute approximate surface area is 238 Å². The molecule has 0 spiro atoms. The van der Waals surface area contributed by atoms with Crippen LogP contribution >= 0.6 is 0 Å². The fraction of sp³-hybridized carbons (Fsp3) is 0.517. The normalized spacial score (nSPS) is 20.6. The number of ether oxygens (including phenoxy) is 1. The highest BCUT2D eigenvalue weighted by Crippen LogP contribution is 2.35. The average molecular weight is 561 g/mol. The van der Waals surface area contributed by atoms with Gasteiger partial charge in [0.15, 0.2) is 0 Å². The number of piperazine rings is 1. The lowest BCUT2D eigenvalue weighted by Gasteiger charge is -2.35. The SMILES string of the molecule is CNC(=O)c1cc2cnc(Nc3ccc(C(=O)N4C[C@@H]5C[C@H]4CN5C(=O)OC(C)(C)C)cn3)nc2n1C1CCCC1. The van der Waals surface area contributed by atoms with Crippen LogP contribution in [0.3, 0.4) is 0 Å². The molecule has 5 heterocycles. The molecule has 3 aromatic rings. The van der Waals surface area contributed by atoms with Crippen LogP contribution in [0.2, 0.25) is 0 Å². The Balaban J connectivity index is 1.14. The molecule has 3 amide bonds. The summed E-state index contributed by atoms with van der Waals surface area (Å²) in [6.07, 6.45) is 7.96. The van der Waals surface area contributed by atoms with E-state index in [4.69, 9.17) is 9.72 Å². The molecule has 3 fully saturated rings. The number of carbonyl (C=O) groups excluding carboxylic acids is 3. The van der Waals surface area contributed by atoms with Gasteiger partial charge in [0.2, 0.25) is 5.95 Å². The number of likely N-dealkylation sites (tertiary alicyclic amines) is 2. The molecule has 41 heavy (non-hydrogen) atoms. The number of nitrogens with one attached hydrogen (secondary N) is 2. The van der Waals surface area contributed by atoms with Crippen molar-refractivity contribution in [2.24, 2.45) is 0 Å². The van der Waals surface area contributed by atoms with Crippen LogP contribution in [0.15, 0.2) is 30.6 Å². The van der Waals surface area contributed by atoms with E-state index in [2.05, 4.69) is 20.6 Å². The molecule has 2 N–H and O–H groups in total. The maximum absolute atomic E-state index is 13.3. The monoisotopic (exact) mass is 560 g/mol. The van der Waals surface area contributed by atoms with Gasteiger partial charge in [-0.2, -0.15) is 4.98 Å². The van der Waals surface area contributed by atoms with E-state index in [1.807, 2.05) is 36.3 Å². The quantitative estimate of drug-likeness (QED) is 0.480. The van der Waals surface area contributed by atoms with Crippen LogP contribution in [-0.2, 0) is 4.74 Å². The van der Waals surface area contributed by atoms with Gasteiger partial charge in [-0.05, 0) is 58.2 Å². The Morgan fingerprint density at radius 1 is 0.976 bits per heavy atom. The topological polar surface area (TPSA) is 135 Å². The van der Waals surface area contributed by atoms with Gasteiger partial charge in [-0.15, -0.1) is 0 Å². The van der Waals surface area contributed by atoms with Gasteiger partial charge < -0.3 is 29.7 Å². The fourth-order valence-corrected chi connectivity index (χ4v) is 6.24. The van der Waals surface area contributed by atoms with E-state index in [1.165, 1.54) is 0 Å². The second-order valence-corrected chi connectivity index (χ2v) is 12.1. The van der Waals surface area contributed by atoms with Crippen molar-refractivity contribution in [1.82, 2.24) is 34.6 Å². The Bertz CT molecular complexity index is 1490. The van der Waals surface area contributed by atoms with E-state index in [0.29, 0.717) is 41.8 Å². The van der Waals surface area contributed by atoms with Crippen LogP contribution < -0.4 is 10.6 Å². The number of aromatic nitrogens is 4. The van der Waals surface area contributed by atoms with Crippen LogP contribution in [0, 0.1) is 0 Å². The molecule has 0 unspecified atom stereocenters.